The molecule has 1 unspecified atom stereocenters. The van der Waals surface area contributed by atoms with Gasteiger partial charge in [0.15, 0.2) is 5.78 Å². The second kappa shape index (κ2) is 5.42. The zero-order valence-electron chi connectivity index (χ0n) is 9.88. The molecular weight excluding hydrogens is 190 g/mol. The molecule has 1 atom stereocenters. The zero-order chi connectivity index (χ0) is 11.3. The molecule has 0 aliphatic carbocycles. The Hall–Kier alpha value is -0.670. The minimum absolute atomic E-state index is 0.0674. The largest absolute Gasteiger partial charge is 0.378 e. The van der Waals surface area contributed by atoms with Crippen LogP contribution in [0.5, 0.6) is 0 Å². The predicted molar refractivity (Wildman–Crippen MR) is 60.8 cm³/mol. The van der Waals surface area contributed by atoms with Crippen LogP contribution < -0.4 is 5.32 Å². The normalized spacial score (nSPS) is 23.3. The van der Waals surface area contributed by atoms with E-state index in [1.54, 1.807) is 6.08 Å². The maximum absolute atomic E-state index is 11.5. The van der Waals surface area contributed by atoms with Crippen LogP contribution in [0.4, 0.5) is 0 Å². The van der Waals surface area contributed by atoms with Gasteiger partial charge in [0.2, 0.25) is 0 Å². The first kappa shape index (κ1) is 12.4. The summed E-state index contributed by atoms with van der Waals surface area (Å²) >= 11 is 0. The van der Waals surface area contributed by atoms with Gasteiger partial charge in [-0.25, -0.2) is 0 Å². The fourth-order valence-electron chi connectivity index (χ4n) is 1.51. The van der Waals surface area contributed by atoms with Crippen molar-refractivity contribution in [2.75, 3.05) is 19.8 Å². The quantitative estimate of drug-likeness (QED) is 0.720. The molecule has 1 N–H and O–H groups in total. The van der Waals surface area contributed by atoms with Crippen LogP contribution in [0, 0.1) is 5.41 Å². The van der Waals surface area contributed by atoms with Gasteiger partial charge in [0, 0.05) is 19.0 Å². The van der Waals surface area contributed by atoms with E-state index in [1.807, 2.05) is 6.08 Å². The van der Waals surface area contributed by atoms with Crippen molar-refractivity contribution < 1.29 is 9.53 Å². The van der Waals surface area contributed by atoms with E-state index in [0.29, 0.717) is 13.0 Å². The number of ketones is 1. The summed E-state index contributed by atoms with van der Waals surface area (Å²) in [5.41, 5.74) is 0.0674. The fraction of sp³-hybridized carbons (Fsp3) is 0.750. The summed E-state index contributed by atoms with van der Waals surface area (Å²) in [5, 5.41) is 3.27. The first-order valence-electron chi connectivity index (χ1n) is 5.49. The predicted octanol–water partition coefficient (Wildman–Crippen LogP) is 1.54. The van der Waals surface area contributed by atoms with Crippen LogP contribution in [0.25, 0.3) is 0 Å². The number of nitrogens with one attached hydrogen (secondary N) is 1. The summed E-state index contributed by atoms with van der Waals surface area (Å²) in [6, 6.07) is 0.197. The third-order valence-corrected chi connectivity index (χ3v) is 2.17. The molecule has 1 fully saturated rings. The van der Waals surface area contributed by atoms with Crippen molar-refractivity contribution >= 4 is 5.78 Å². The van der Waals surface area contributed by atoms with E-state index in [-0.39, 0.29) is 17.2 Å². The fourth-order valence-corrected chi connectivity index (χ4v) is 1.51. The molecule has 0 aromatic carbocycles. The van der Waals surface area contributed by atoms with Crippen LogP contribution in [-0.4, -0.2) is 31.6 Å². The van der Waals surface area contributed by atoms with Crippen molar-refractivity contribution in [3.05, 3.63) is 12.2 Å². The zero-order valence-corrected chi connectivity index (χ0v) is 9.88. The van der Waals surface area contributed by atoms with E-state index in [4.69, 9.17) is 4.74 Å². The second-order valence-electron chi connectivity index (χ2n) is 5.20. The number of carbonyl (C=O) groups excluding carboxylic acids is 1. The minimum atomic E-state index is 0.0674. The maximum Gasteiger partial charge on any atom is 0.155 e. The van der Waals surface area contributed by atoms with Crippen LogP contribution in [0.3, 0.4) is 0 Å². The Morgan fingerprint density at radius 3 is 2.80 bits per heavy atom. The summed E-state index contributed by atoms with van der Waals surface area (Å²) in [4.78, 5) is 11.5. The van der Waals surface area contributed by atoms with Gasteiger partial charge in [-0.05, 0) is 11.5 Å². The molecule has 1 aliphatic rings. The summed E-state index contributed by atoms with van der Waals surface area (Å²) in [6.07, 6.45) is 4.18. The van der Waals surface area contributed by atoms with Crippen molar-refractivity contribution in [3.63, 3.8) is 0 Å². The highest BCUT2D eigenvalue weighted by molar-refractivity contribution is 5.90. The van der Waals surface area contributed by atoms with Gasteiger partial charge in [0.05, 0.1) is 13.2 Å². The van der Waals surface area contributed by atoms with Gasteiger partial charge in [0.1, 0.15) is 0 Å². The molecule has 0 spiro atoms. The SMILES string of the molecule is CC(C)(C)CC(=O)/C=C\C1COCCN1. The van der Waals surface area contributed by atoms with Gasteiger partial charge in [-0.3, -0.25) is 4.79 Å². The Morgan fingerprint density at radius 2 is 2.27 bits per heavy atom. The second-order valence-corrected chi connectivity index (χ2v) is 5.20. The van der Waals surface area contributed by atoms with Gasteiger partial charge in [0.25, 0.3) is 0 Å². The summed E-state index contributed by atoms with van der Waals surface area (Å²) < 4.78 is 5.29. The number of carbonyl (C=O) groups is 1. The standard InChI is InChI=1S/C12H21NO2/c1-12(2,3)8-11(14)5-4-10-9-15-7-6-13-10/h4-5,10,13H,6-9H2,1-3H3/b5-4-. The third-order valence-electron chi connectivity index (χ3n) is 2.17. The number of ether oxygens (including phenoxy) is 1. The van der Waals surface area contributed by atoms with Crippen LogP contribution in [0.2, 0.25) is 0 Å². The molecular formula is C12H21NO2. The van der Waals surface area contributed by atoms with Crippen LogP contribution in [0.15, 0.2) is 12.2 Å². The van der Waals surface area contributed by atoms with Crippen LogP contribution >= 0.6 is 0 Å². The third kappa shape index (κ3) is 5.70. The number of allylic oxidation sites excluding steroid dienone is 1. The van der Waals surface area contributed by atoms with E-state index in [1.165, 1.54) is 0 Å². The molecule has 1 rings (SSSR count). The Labute approximate surface area is 91.9 Å². The number of morpholine rings is 1. The van der Waals surface area contributed by atoms with Crippen molar-refractivity contribution in [1.29, 1.82) is 0 Å². The molecule has 3 nitrogen and oxygen atoms in total. The Kier molecular flexibility index (Phi) is 4.48. The highest BCUT2D eigenvalue weighted by atomic mass is 16.5. The summed E-state index contributed by atoms with van der Waals surface area (Å²) in [6.45, 7) is 8.50. The van der Waals surface area contributed by atoms with Crippen molar-refractivity contribution in [3.8, 4) is 0 Å². The lowest BCUT2D eigenvalue weighted by molar-refractivity contribution is -0.116. The maximum atomic E-state index is 11.5. The van der Waals surface area contributed by atoms with Crippen LogP contribution in [0.1, 0.15) is 27.2 Å². The topological polar surface area (TPSA) is 38.3 Å². The molecule has 1 heterocycles. The lowest BCUT2D eigenvalue weighted by Crippen LogP contribution is -2.39. The van der Waals surface area contributed by atoms with Gasteiger partial charge < -0.3 is 10.1 Å². The molecule has 15 heavy (non-hydrogen) atoms. The first-order chi connectivity index (χ1) is 6.97. The Morgan fingerprint density at radius 1 is 1.53 bits per heavy atom. The number of hydrogen-bond acceptors (Lipinski definition) is 3. The molecule has 0 aromatic heterocycles. The molecule has 86 valence electrons. The molecule has 1 aliphatic heterocycles. The molecule has 3 heteroatoms. The van der Waals surface area contributed by atoms with E-state index < -0.39 is 0 Å². The van der Waals surface area contributed by atoms with E-state index in [2.05, 4.69) is 26.1 Å². The molecule has 0 bridgehead atoms. The lowest BCUT2D eigenvalue weighted by Gasteiger charge is -2.21. The van der Waals surface area contributed by atoms with E-state index in [9.17, 15) is 4.79 Å². The van der Waals surface area contributed by atoms with Gasteiger partial charge in [-0.2, -0.15) is 0 Å². The van der Waals surface area contributed by atoms with Gasteiger partial charge in [-0.15, -0.1) is 0 Å². The molecule has 1 saturated heterocycles. The van der Waals surface area contributed by atoms with Crippen molar-refractivity contribution in [1.82, 2.24) is 5.32 Å². The Bertz CT molecular complexity index is 234. The molecule has 0 saturated carbocycles. The van der Waals surface area contributed by atoms with Gasteiger partial charge >= 0.3 is 0 Å². The number of rotatable bonds is 3. The minimum Gasteiger partial charge on any atom is -0.378 e. The number of hydrogen-bond donors (Lipinski definition) is 1. The van der Waals surface area contributed by atoms with Crippen molar-refractivity contribution in [2.45, 2.75) is 33.2 Å². The average molecular weight is 211 g/mol. The molecule has 0 radical (unpaired) electrons. The van der Waals surface area contributed by atoms with Gasteiger partial charge in [-0.1, -0.05) is 26.8 Å². The summed E-state index contributed by atoms with van der Waals surface area (Å²) in [5.74, 6) is 0.190. The first-order valence-corrected chi connectivity index (χ1v) is 5.49. The van der Waals surface area contributed by atoms with E-state index in [0.717, 1.165) is 13.2 Å². The monoisotopic (exact) mass is 211 g/mol. The highest BCUT2D eigenvalue weighted by Crippen LogP contribution is 2.18. The van der Waals surface area contributed by atoms with E-state index >= 15 is 0 Å². The Balaban J connectivity index is 2.33. The molecule has 0 aromatic rings. The van der Waals surface area contributed by atoms with Crippen LogP contribution in [-0.2, 0) is 9.53 Å². The molecule has 0 amide bonds. The van der Waals surface area contributed by atoms with Crippen molar-refractivity contribution in [2.24, 2.45) is 5.41 Å². The highest BCUT2D eigenvalue weighted by Gasteiger charge is 2.15. The smallest absolute Gasteiger partial charge is 0.155 e. The average Bonchev–Trinajstić information content (AvgIpc) is 2.14. The lowest BCUT2D eigenvalue weighted by atomic mass is 9.90. The summed E-state index contributed by atoms with van der Waals surface area (Å²) in [7, 11) is 0.